The predicted octanol–water partition coefficient (Wildman–Crippen LogP) is 2.74. The van der Waals surface area contributed by atoms with E-state index in [4.69, 9.17) is 14.7 Å². The molecule has 0 saturated heterocycles. The summed E-state index contributed by atoms with van der Waals surface area (Å²) in [5, 5.41) is 11.6. The number of hydrogen-bond acceptors (Lipinski definition) is 5. The summed E-state index contributed by atoms with van der Waals surface area (Å²) < 4.78 is 10.1. The number of carbonyl (C=O) groups is 2. The third-order valence-electron chi connectivity index (χ3n) is 3.51. The van der Waals surface area contributed by atoms with Crippen LogP contribution >= 0.6 is 0 Å². The lowest BCUT2D eigenvalue weighted by Gasteiger charge is -2.09. The standard InChI is InChI=1S/C19H18N2O4/c1-13-7-8-16(9-14(13)2)21-18(22)11-25-19(23)12-24-17-6-4-3-5-15(17)10-20/h3-9H,11-12H2,1-2H3,(H,21,22). The predicted molar refractivity (Wildman–Crippen MR) is 92.2 cm³/mol. The van der Waals surface area contributed by atoms with Gasteiger partial charge in [0.25, 0.3) is 5.91 Å². The zero-order valence-corrected chi connectivity index (χ0v) is 14.0. The van der Waals surface area contributed by atoms with Gasteiger partial charge in [-0.3, -0.25) is 4.79 Å². The van der Waals surface area contributed by atoms with Crippen molar-refractivity contribution in [3.8, 4) is 11.8 Å². The van der Waals surface area contributed by atoms with E-state index in [0.717, 1.165) is 11.1 Å². The minimum absolute atomic E-state index is 0.293. The number of ether oxygens (including phenoxy) is 2. The fourth-order valence-electron chi connectivity index (χ4n) is 2.03. The summed E-state index contributed by atoms with van der Waals surface area (Å²) in [6.45, 7) is 3.14. The molecule has 2 aromatic carbocycles. The van der Waals surface area contributed by atoms with Gasteiger partial charge in [0.15, 0.2) is 13.2 Å². The Bertz CT molecular complexity index is 824. The molecule has 0 spiro atoms. The Morgan fingerprint density at radius 3 is 2.56 bits per heavy atom. The Morgan fingerprint density at radius 2 is 1.84 bits per heavy atom. The van der Waals surface area contributed by atoms with Crippen LogP contribution in [0.5, 0.6) is 5.75 Å². The number of carbonyl (C=O) groups excluding carboxylic acids is 2. The van der Waals surface area contributed by atoms with E-state index in [1.807, 2.05) is 32.0 Å². The topological polar surface area (TPSA) is 88.4 Å². The van der Waals surface area contributed by atoms with Crippen molar-refractivity contribution in [2.24, 2.45) is 0 Å². The second-order valence-electron chi connectivity index (χ2n) is 5.40. The highest BCUT2D eigenvalue weighted by atomic mass is 16.6. The molecule has 0 fully saturated rings. The van der Waals surface area contributed by atoms with Crippen LogP contribution in [0.2, 0.25) is 0 Å². The lowest BCUT2D eigenvalue weighted by Crippen LogP contribution is -2.23. The molecule has 1 amide bonds. The minimum Gasteiger partial charge on any atom is -0.481 e. The van der Waals surface area contributed by atoms with Gasteiger partial charge < -0.3 is 14.8 Å². The van der Waals surface area contributed by atoms with Crippen molar-refractivity contribution in [3.05, 3.63) is 59.2 Å². The Morgan fingerprint density at radius 1 is 1.08 bits per heavy atom. The zero-order valence-electron chi connectivity index (χ0n) is 14.0. The molecule has 2 rings (SSSR count). The molecule has 128 valence electrons. The van der Waals surface area contributed by atoms with Crippen molar-refractivity contribution in [1.82, 2.24) is 0 Å². The summed E-state index contributed by atoms with van der Waals surface area (Å²) in [7, 11) is 0. The van der Waals surface area contributed by atoms with Crippen molar-refractivity contribution in [1.29, 1.82) is 5.26 Å². The number of benzene rings is 2. The molecule has 0 unspecified atom stereocenters. The van der Waals surface area contributed by atoms with Crippen molar-refractivity contribution in [2.45, 2.75) is 13.8 Å². The average molecular weight is 338 g/mol. The van der Waals surface area contributed by atoms with E-state index >= 15 is 0 Å². The molecule has 25 heavy (non-hydrogen) atoms. The SMILES string of the molecule is Cc1ccc(NC(=O)COC(=O)COc2ccccc2C#N)cc1C. The van der Waals surface area contributed by atoms with Gasteiger partial charge in [0.2, 0.25) is 0 Å². The monoisotopic (exact) mass is 338 g/mol. The van der Waals surface area contributed by atoms with Gasteiger partial charge in [0, 0.05) is 5.69 Å². The van der Waals surface area contributed by atoms with E-state index in [0.29, 0.717) is 17.0 Å². The summed E-state index contributed by atoms with van der Waals surface area (Å²) in [6, 6.07) is 14.0. The van der Waals surface area contributed by atoms with Crippen molar-refractivity contribution >= 4 is 17.6 Å². The molecule has 0 bridgehead atoms. The van der Waals surface area contributed by atoms with Crippen LogP contribution in [0.4, 0.5) is 5.69 Å². The summed E-state index contributed by atoms with van der Waals surface area (Å²) in [5.41, 5.74) is 3.14. The maximum atomic E-state index is 11.8. The molecular formula is C19H18N2O4. The summed E-state index contributed by atoms with van der Waals surface area (Å²) in [5.74, 6) is -0.835. The van der Waals surface area contributed by atoms with Crippen LogP contribution in [-0.2, 0) is 14.3 Å². The lowest BCUT2D eigenvalue weighted by molar-refractivity contribution is -0.149. The number of hydrogen-bond donors (Lipinski definition) is 1. The number of aryl methyl sites for hydroxylation is 2. The van der Waals surface area contributed by atoms with Crippen LogP contribution in [0.25, 0.3) is 0 Å². The van der Waals surface area contributed by atoms with E-state index < -0.39 is 18.5 Å². The van der Waals surface area contributed by atoms with Crippen LogP contribution in [0.15, 0.2) is 42.5 Å². The summed E-state index contributed by atoms with van der Waals surface area (Å²) in [4.78, 5) is 23.5. The minimum atomic E-state index is -0.692. The largest absolute Gasteiger partial charge is 0.481 e. The number of anilines is 1. The zero-order chi connectivity index (χ0) is 18.2. The highest BCUT2D eigenvalue weighted by Gasteiger charge is 2.10. The Kier molecular flexibility index (Phi) is 6.13. The van der Waals surface area contributed by atoms with Gasteiger partial charge in [-0.25, -0.2) is 4.79 Å². The maximum Gasteiger partial charge on any atom is 0.344 e. The van der Waals surface area contributed by atoms with Crippen LogP contribution in [0, 0.1) is 25.2 Å². The van der Waals surface area contributed by atoms with Gasteiger partial charge in [-0.1, -0.05) is 18.2 Å². The second-order valence-corrected chi connectivity index (χ2v) is 5.40. The highest BCUT2D eigenvalue weighted by molar-refractivity contribution is 5.93. The van der Waals surface area contributed by atoms with Gasteiger partial charge in [0.05, 0.1) is 5.56 Å². The van der Waals surface area contributed by atoms with Gasteiger partial charge in [-0.15, -0.1) is 0 Å². The van der Waals surface area contributed by atoms with E-state index in [2.05, 4.69) is 5.32 Å². The van der Waals surface area contributed by atoms with Crippen LogP contribution in [0.1, 0.15) is 16.7 Å². The van der Waals surface area contributed by atoms with Gasteiger partial charge in [0.1, 0.15) is 11.8 Å². The van der Waals surface area contributed by atoms with Crippen molar-refractivity contribution < 1.29 is 19.1 Å². The molecule has 0 heterocycles. The third kappa shape index (κ3) is 5.36. The molecular weight excluding hydrogens is 320 g/mol. The van der Waals surface area contributed by atoms with Gasteiger partial charge >= 0.3 is 5.97 Å². The number of amides is 1. The number of esters is 1. The van der Waals surface area contributed by atoms with E-state index in [1.165, 1.54) is 0 Å². The first-order valence-corrected chi connectivity index (χ1v) is 7.64. The molecule has 0 aromatic heterocycles. The molecule has 0 aliphatic carbocycles. The molecule has 6 nitrogen and oxygen atoms in total. The van der Waals surface area contributed by atoms with Gasteiger partial charge in [-0.2, -0.15) is 5.26 Å². The molecule has 0 saturated carbocycles. The number of nitriles is 1. The third-order valence-corrected chi connectivity index (χ3v) is 3.51. The highest BCUT2D eigenvalue weighted by Crippen LogP contribution is 2.16. The maximum absolute atomic E-state index is 11.8. The lowest BCUT2D eigenvalue weighted by atomic mass is 10.1. The number of para-hydroxylation sites is 1. The Labute approximate surface area is 146 Å². The molecule has 0 radical (unpaired) electrons. The van der Waals surface area contributed by atoms with Crippen LogP contribution < -0.4 is 10.1 Å². The first-order valence-electron chi connectivity index (χ1n) is 7.64. The smallest absolute Gasteiger partial charge is 0.344 e. The quantitative estimate of drug-likeness (QED) is 0.818. The summed E-state index contributed by atoms with van der Waals surface area (Å²) in [6.07, 6.45) is 0. The van der Waals surface area contributed by atoms with E-state index in [1.54, 1.807) is 30.3 Å². The molecule has 1 N–H and O–H groups in total. The van der Waals surface area contributed by atoms with E-state index in [9.17, 15) is 9.59 Å². The normalized spacial score (nSPS) is 9.80. The number of nitrogens with one attached hydrogen (secondary N) is 1. The van der Waals surface area contributed by atoms with Gasteiger partial charge in [-0.05, 0) is 49.2 Å². The average Bonchev–Trinajstić information content (AvgIpc) is 2.61. The molecule has 6 heteroatoms. The first kappa shape index (κ1) is 18.0. The fourth-order valence-corrected chi connectivity index (χ4v) is 2.03. The van der Waals surface area contributed by atoms with Crippen molar-refractivity contribution in [2.75, 3.05) is 18.5 Å². The first-order chi connectivity index (χ1) is 12.0. The Hall–Kier alpha value is -3.33. The number of rotatable bonds is 6. The summed E-state index contributed by atoms with van der Waals surface area (Å²) >= 11 is 0. The molecule has 0 atom stereocenters. The number of nitrogens with zero attached hydrogens (tertiary/aromatic N) is 1. The molecule has 0 aliphatic heterocycles. The van der Waals surface area contributed by atoms with E-state index in [-0.39, 0.29) is 6.61 Å². The Balaban J connectivity index is 1.78. The van der Waals surface area contributed by atoms with Crippen molar-refractivity contribution in [3.63, 3.8) is 0 Å². The molecule has 0 aliphatic rings. The molecule has 2 aromatic rings. The fraction of sp³-hybridized carbons (Fsp3) is 0.211. The van der Waals surface area contributed by atoms with Crippen LogP contribution in [0.3, 0.4) is 0 Å². The second kappa shape index (κ2) is 8.50. The van der Waals surface area contributed by atoms with Crippen LogP contribution in [-0.4, -0.2) is 25.1 Å².